The van der Waals surface area contributed by atoms with Gasteiger partial charge in [-0.15, -0.1) is 0 Å². The molecular formula is C16H16ClN3O3. The van der Waals surface area contributed by atoms with Crippen molar-refractivity contribution in [2.75, 3.05) is 6.54 Å². The van der Waals surface area contributed by atoms with Gasteiger partial charge in [-0.1, -0.05) is 35.9 Å². The van der Waals surface area contributed by atoms with Gasteiger partial charge in [0.2, 0.25) is 0 Å². The van der Waals surface area contributed by atoms with Crippen molar-refractivity contribution in [2.45, 2.75) is 19.4 Å². The molecule has 120 valence electrons. The summed E-state index contributed by atoms with van der Waals surface area (Å²) in [7, 11) is 1.71. The van der Waals surface area contributed by atoms with E-state index in [0.717, 1.165) is 11.1 Å². The summed E-state index contributed by atoms with van der Waals surface area (Å²) in [6.07, 6.45) is 0. The number of fused-ring (bicyclic) bond motifs is 1. The molecule has 1 aromatic carbocycles. The first-order valence-corrected chi connectivity index (χ1v) is 7.57. The fourth-order valence-electron chi connectivity index (χ4n) is 2.84. The maximum Gasteiger partial charge on any atom is 0.312 e. The first-order chi connectivity index (χ1) is 10.9. The standard InChI is InChI=1S/C16H16ClN3O3/c1-9-13(17)14(18-19(9)2)15(21)20-7-10-5-3-4-6-11(10)12(8-20)16(22)23/h3-6,12H,7-8H2,1-2H3,(H,22,23). The molecule has 1 N–H and O–H groups in total. The average Bonchev–Trinajstić information content (AvgIpc) is 2.80. The normalized spacial score (nSPS) is 17.0. The molecule has 0 saturated heterocycles. The molecule has 0 bridgehead atoms. The quantitative estimate of drug-likeness (QED) is 0.914. The van der Waals surface area contributed by atoms with Crippen LogP contribution in [0.4, 0.5) is 0 Å². The van der Waals surface area contributed by atoms with Crippen molar-refractivity contribution in [1.82, 2.24) is 14.7 Å². The third kappa shape index (κ3) is 2.59. The summed E-state index contributed by atoms with van der Waals surface area (Å²) >= 11 is 6.18. The summed E-state index contributed by atoms with van der Waals surface area (Å²) < 4.78 is 1.54. The Labute approximate surface area is 138 Å². The molecule has 1 atom stereocenters. The highest BCUT2D eigenvalue weighted by Gasteiger charge is 2.34. The molecule has 2 heterocycles. The van der Waals surface area contributed by atoms with Crippen molar-refractivity contribution in [2.24, 2.45) is 7.05 Å². The van der Waals surface area contributed by atoms with Crippen LogP contribution in [0, 0.1) is 6.92 Å². The van der Waals surface area contributed by atoms with Gasteiger partial charge in [-0.05, 0) is 18.1 Å². The van der Waals surface area contributed by atoms with Gasteiger partial charge >= 0.3 is 5.97 Å². The molecule has 1 aromatic heterocycles. The van der Waals surface area contributed by atoms with Crippen LogP contribution in [-0.2, 0) is 18.4 Å². The number of aliphatic carboxylic acids is 1. The Morgan fingerprint density at radius 3 is 2.65 bits per heavy atom. The second-order valence-electron chi connectivity index (χ2n) is 5.65. The van der Waals surface area contributed by atoms with E-state index in [1.165, 1.54) is 4.90 Å². The van der Waals surface area contributed by atoms with Crippen LogP contribution in [0.3, 0.4) is 0 Å². The lowest BCUT2D eigenvalue weighted by Gasteiger charge is -2.32. The Kier molecular flexibility index (Phi) is 3.85. The number of rotatable bonds is 2. The predicted molar refractivity (Wildman–Crippen MR) is 84.5 cm³/mol. The van der Waals surface area contributed by atoms with E-state index in [1.807, 2.05) is 18.2 Å². The first kappa shape index (κ1) is 15.6. The highest BCUT2D eigenvalue weighted by Crippen LogP contribution is 2.30. The zero-order valence-corrected chi connectivity index (χ0v) is 13.5. The molecule has 6 nitrogen and oxygen atoms in total. The molecule has 1 amide bonds. The number of carbonyl (C=O) groups excluding carboxylic acids is 1. The molecule has 2 aromatic rings. The van der Waals surface area contributed by atoms with Crippen molar-refractivity contribution in [3.05, 3.63) is 51.8 Å². The smallest absolute Gasteiger partial charge is 0.312 e. The van der Waals surface area contributed by atoms with Crippen LogP contribution in [0.1, 0.15) is 33.2 Å². The number of hydrogen-bond donors (Lipinski definition) is 1. The minimum absolute atomic E-state index is 0.108. The fraction of sp³-hybridized carbons (Fsp3) is 0.312. The number of carboxylic acids is 1. The number of aromatic nitrogens is 2. The number of nitrogens with zero attached hydrogens (tertiary/aromatic N) is 3. The van der Waals surface area contributed by atoms with E-state index in [1.54, 1.807) is 24.7 Å². The van der Waals surface area contributed by atoms with Gasteiger partial charge in [-0.25, -0.2) is 0 Å². The lowest BCUT2D eigenvalue weighted by molar-refractivity contribution is -0.139. The highest BCUT2D eigenvalue weighted by molar-refractivity contribution is 6.34. The van der Waals surface area contributed by atoms with E-state index in [4.69, 9.17) is 11.6 Å². The number of benzene rings is 1. The zero-order chi connectivity index (χ0) is 16.7. The molecule has 7 heteroatoms. The average molecular weight is 334 g/mol. The van der Waals surface area contributed by atoms with Gasteiger partial charge in [0.1, 0.15) is 0 Å². The van der Waals surface area contributed by atoms with Crippen LogP contribution < -0.4 is 0 Å². The number of halogens is 1. The van der Waals surface area contributed by atoms with E-state index >= 15 is 0 Å². The molecule has 23 heavy (non-hydrogen) atoms. The van der Waals surface area contributed by atoms with Crippen molar-refractivity contribution >= 4 is 23.5 Å². The number of aryl methyl sites for hydroxylation is 1. The first-order valence-electron chi connectivity index (χ1n) is 7.19. The van der Waals surface area contributed by atoms with Gasteiger partial charge in [-0.2, -0.15) is 5.10 Å². The third-order valence-electron chi connectivity index (χ3n) is 4.24. The van der Waals surface area contributed by atoms with E-state index in [9.17, 15) is 14.7 Å². The van der Waals surface area contributed by atoms with Crippen molar-refractivity contribution in [3.63, 3.8) is 0 Å². The van der Waals surface area contributed by atoms with Crippen molar-refractivity contribution < 1.29 is 14.7 Å². The molecule has 0 saturated carbocycles. The number of carbonyl (C=O) groups is 2. The Morgan fingerprint density at radius 2 is 2.04 bits per heavy atom. The number of carboxylic acid groups (broad SMARTS) is 1. The van der Waals surface area contributed by atoms with Crippen LogP contribution in [0.2, 0.25) is 5.02 Å². The Balaban J connectivity index is 1.97. The van der Waals surface area contributed by atoms with Crippen LogP contribution in [0.5, 0.6) is 0 Å². The molecule has 0 aliphatic carbocycles. The lowest BCUT2D eigenvalue weighted by Crippen LogP contribution is -2.40. The Bertz CT molecular complexity index is 800. The summed E-state index contributed by atoms with van der Waals surface area (Å²) in [4.78, 5) is 25.8. The second kappa shape index (κ2) is 5.70. The molecule has 0 radical (unpaired) electrons. The second-order valence-corrected chi connectivity index (χ2v) is 6.02. The molecule has 3 rings (SSSR count). The van der Waals surface area contributed by atoms with Gasteiger partial charge in [0.25, 0.3) is 5.91 Å². The van der Waals surface area contributed by atoms with Gasteiger partial charge < -0.3 is 10.0 Å². The number of amides is 1. The van der Waals surface area contributed by atoms with Gasteiger partial charge in [0, 0.05) is 20.1 Å². The highest BCUT2D eigenvalue weighted by atomic mass is 35.5. The molecule has 1 aliphatic heterocycles. The summed E-state index contributed by atoms with van der Waals surface area (Å²) in [6, 6.07) is 7.29. The lowest BCUT2D eigenvalue weighted by atomic mass is 9.89. The monoisotopic (exact) mass is 333 g/mol. The third-order valence-corrected chi connectivity index (χ3v) is 4.70. The van der Waals surface area contributed by atoms with Crippen LogP contribution >= 0.6 is 11.6 Å². The van der Waals surface area contributed by atoms with Crippen molar-refractivity contribution in [1.29, 1.82) is 0 Å². The Morgan fingerprint density at radius 1 is 1.35 bits per heavy atom. The zero-order valence-electron chi connectivity index (χ0n) is 12.8. The summed E-state index contributed by atoms with van der Waals surface area (Å²) in [5, 5.41) is 13.9. The van der Waals surface area contributed by atoms with Crippen molar-refractivity contribution in [3.8, 4) is 0 Å². The van der Waals surface area contributed by atoms with E-state index in [2.05, 4.69) is 5.10 Å². The topological polar surface area (TPSA) is 75.4 Å². The molecular weight excluding hydrogens is 318 g/mol. The van der Waals surface area contributed by atoms with Crippen LogP contribution in [0.15, 0.2) is 24.3 Å². The van der Waals surface area contributed by atoms with Crippen LogP contribution in [-0.4, -0.2) is 38.2 Å². The van der Waals surface area contributed by atoms with E-state index in [-0.39, 0.29) is 18.1 Å². The summed E-state index contributed by atoms with van der Waals surface area (Å²) in [5.41, 5.74) is 2.45. The van der Waals surface area contributed by atoms with E-state index in [0.29, 0.717) is 17.3 Å². The van der Waals surface area contributed by atoms with Gasteiger partial charge in [0.15, 0.2) is 5.69 Å². The maximum atomic E-state index is 12.7. The number of hydrogen-bond acceptors (Lipinski definition) is 3. The minimum Gasteiger partial charge on any atom is -0.481 e. The Hall–Kier alpha value is -2.34. The summed E-state index contributed by atoms with van der Waals surface area (Å²) in [5.74, 6) is -2.04. The molecule has 1 unspecified atom stereocenters. The molecule has 1 aliphatic rings. The molecule has 0 fully saturated rings. The molecule has 0 spiro atoms. The van der Waals surface area contributed by atoms with Gasteiger partial charge in [-0.3, -0.25) is 14.3 Å². The predicted octanol–water partition coefficient (Wildman–Crippen LogP) is 2.21. The largest absolute Gasteiger partial charge is 0.481 e. The van der Waals surface area contributed by atoms with Crippen LogP contribution in [0.25, 0.3) is 0 Å². The minimum atomic E-state index is -0.946. The van der Waals surface area contributed by atoms with E-state index < -0.39 is 11.9 Å². The maximum absolute atomic E-state index is 12.7. The SMILES string of the molecule is Cc1c(Cl)c(C(=O)N2Cc3ccccc3C(C(=O)O)C2)nn1C. The van der Waals surface area contributed by atoms with Gasteiger partial charge in [0.05, 0.1) is 16.6 Å². The summed E-state index contributed by atoms with van der Waals surface area (Å²) in [6.45, 7) is 2.24. The fourth-order valence-corrected chi connectivity index (χ4v) is 3.08.